The lowest BCUT2D eigenvalue weighted by molar-refractivity contribution is 0.220. The van der Waals surface area contributed by atoms with E-state index in [2.05, 4.69) is 4.98 Å². The third kappa shape index (κ3) is 2.41. The van der Waals surface area contributed by atoms with Crippen molar-refractivity contribution in [2.24, 2.45) is 0 Å². The predicted octanol–water partition coefficient (Wildman–Crippen LogP) is 2.91. The molecule has 0 aliphatic carbocycles. The molecule has 0 saturated heterocycles. The molecule has 4 nitrogen and oxygen atoms in total. The summed E-state index contributed by atoms with van der Waals surface area (Å²) < 4.78 is 5.19. The lowest BCUT2D eigenvalue weighted by Gasteiger charge is -2.16. The summed E-state index contributed by atoms with van der Waals surface area (Å²) >= 11 is 0. The number of para-hydroxylation sites is 2. The number of aliphatic hydroxyl groups is 1. The quantitative estimate of drug-likeness (QED) is 0.724. The second-order valence-corrected chi connectivity index (χ2v) is 4.83. The highest BCUT2D eigenvalue weighted by Crippen LogP contribution is 2.33. The van der Waals surface area contributed by atoms with Gasteiger partial charge in [0.05, 0.1) is 18.3 Å². The van der Waals surface area contributed by atoms with Gasteiger partial charge in [0.2, 0.25) is 0 Å². The summed E-state index contributed by atoms with van der Waals surface area (Å²) in [6, 6.07) is 15.1. The Bertz CT molecular complexity index is 787. The fraction of sp³-hybridized carbons (Fsp3) is 0.118. The van der Waals surface area contributed by atoms with Crippen molar-refractivity contribution in [1.29, 1.82) is 0 Å². The number of rotatable bonds is 3. The SMILES string of the molecule is COc1cccc(C(O)c2cnc3ccccc3c2)c1N. The second-order valence-electron chi connectivity index (χ2n) is 4.83. The summed E-state index contributed by atoms with van der Waals surface area (Å²) in [5.74, 6) is 0.556. The summed E-state index contributed by atoms with van der Waals surface area (Å²) in [6.07, 6.45) is 0.837. The first-order valence-electron chi connectivity index (χ1n) is 6.66. The highest BCUT2D eigenvalue weighted by Gasteiger charge is 2.16. The molecule has 0 fully saturated rings. The van der Waals surface area contributed by atoms with Gasteiger partial charge in [0.25, 0.3) is 0 Å². The molecule has 1 heterocycles. The van der Waals surface area contributed by atoms with Crippen LogP contribution < -0.4 is 10.5 Å². The molecule has 4 heteroatoms. The average molecular weight is 280 g/mol. The maximum atomic E-state index is 10.6. The maximum Gasteiger partial charge on any atom is 0.142 e. The van der Waals surface area contributed by atoms with Crippen LogP contribution in [0.2, 0.25) is 0 Å². The fourth-order valence-electron chi connectivity index (χ4n) is 2.39. The third-order valence-corrected chi connectivity index (χ3v) is 3.54. The zero-order chi connectivity index (χ0) is 14.8. The average Bonchev–Trinajstić information content (AvgIpc) is 2.54. The van der Waals surface area contributed by atoms with E-state index in [-0.39, 0.29) is 0 Å². The zero-order valence-electron chi connectivity index (χ0n) is 11.7. The van der Waals surface area contributed by atoms with Crippen LogP contribution in [0.4, 0.5) is 5.69 Å². The van der Waals surface area contributed by atoms with Gasteiger partial charge < -0.3 is 15.6 Å². The van der Waals surface area contributed by atoms with Crippen molar-refractivity contribution in [2.45, 2.75) is 6.10 Å². The van der Waals surface area contributed by atoms with Crippen molar-refractivity contribution in [3.8, 4) is 5.75 Å². The standard InChI is InChI=1S/C17H16N2O2/c1-21-15-8-4-6-13(16(15)18)17(20)12-9-11-5-2-3-7-14(11)19-10-12/h2-10,17,20H,18H2,1H3. The number of aromatic nitrogens is 1. The van der Waals surface area contributed by atoms with Crippen molar-refractivity contribution in [1.82, 2.24) is 4.98 Å². The molecule has 3 N–H and O–H groups in total. The summed E-state index contributed by atoms with van der Waals surface area (Å²) in [7, 11) is 1.55. The number of nitrogen functional groups attached to an aromatic ring is 1. The molecule has 3 rings (SSSR count). The van der Waals surface area contributed by atoms with Gasteiger partial charge in [-0.3, -0.25) is 4.98 Å². The number of ether oxygens (including phenoxy) is 1. The molecule has 0 radical (unpaired) electrons. The van der Waals surface area contributed by atoms with Crippen LogP contribution in [-0.4, -0.2) is 17.2 Å². The van der Waals surface area contributed by atoms with Crippen LogP contribution in [-0.2, 0) is 0 Å². The van der Waals surface area contributed by atoms with E-state index in [4.69, 9.17) is 10.5 Å². The molecule has 2 aromatic carbocycles. The third-order valence-electron chi connectivity index (χ3n) is 3.54. The first-order valence-corrected chi connectivity index (χ1v) is 6.66. The minimum atomic E-state index is -0.836. The summed E-state index contributed by atoms with van der Waals surface area (Å²) in [5.41, 5.74) is 8.70. The number of nitrogens with two attached hydrogens (primary N) is 1. The minimum absolute atomic E-state index is 0.445. The van der Waals surface area contributed by atoms with Crippen LogP contribution in [0.25, 0.3) is 10.9 Å². The number of pyridine rings is 1. The van der Waals surface area contributed by atoms with Crippen molar-refractivity contribution in [2.75, 3.05) is 12.8 Å². The van der Waals surface area contributed by atoms with Crippen LogP contribution in [0.5, 0.6) is 5.75 Å². The van der Waals surface area contributed by atoms with E-state index in [9.17, 15) is 5.11 Å². The maximum absolute atomic E-state index is 10.6. The Balaban J connectivity index is 2.06. The number of benzene rings is 2. The lowest BCUT2D eigenvalue weighted by Crippen LogP contribution is -2.05. The molecule has 1 atom stereocenters. The van der Waals surface area contributed by atoms with Crippen LogP contribution >= 0.6 is 0 Å². The van der Waals surface area contributed by atoms with Crippen LogP contribution in [0, 0.1) is 0 Å². The number of anilines is 1. The van der Waals surface area contributed by atoms with Gasteiger partial charge in [-0.05, 0) is 18.2 Å². The Hall–Kier alpha value is -2.59. The Morgan fingerprint density at radius 2 is 1.95 bits per heavy atom. The number of hydrogen-bond donors (Lipinski definition) is 2. The van der Waals surface area contributed by atoms with E-state index in [0.717, 1.165) is 10.9 Å². The zero-order valence-corrected chi connectivity index (χ0v) is 11.7. The Kier molecular flexibility index (Phi) is 3.46. The number of aliphatic hydroxyl groups excluding tert-OH is 1. The highest BCUT2D eigenvalue weighted by molar-refractivity contribution is 5.79. The largest absolute Gasteiger partial charge is 0.495 e. The van der Waals surface area contributed by atoms with E-state index in [1.165, 1.54) is 0 Å². The normalized spacial score (nSPS) is 12.3. The van der Waals surface area contributed by atoms with Gasteiger partial charge in [0.1, 0.15) is 11.9 Å². The predicted molar refractivity (Wildman–Crippen MR) is 83.2 cm³/mol. The Labute approximate surface area is 122 Å². The lowest BCUT2D eigenvalue weighted by atomic mass is 9.99. The molecule has 3 aromatic rings. The summed E-state index contributed by atoms with van der Waals surface area (Å²) in [5, 5.41) is 11.6. The van der Waals surface area contributed by atoms with E-state index in [1.54, 1.807) is 25.4 Å². The topological polar surface area (TPSA) is 68.4 Å². The molecule has 1 aromatic heterocycles. The number of hydrogen-bond acceptors (Lipinski definition) is 4. The monoisotopic (exact) mass is 280 g/mol. The first kappa shape index (κ1) is 13.4. The second kappa shape index (κ2) is 5.42. The number of fused-ring (bicyclic) bond motifs is 1. The number of methoxy groups -OCH3 is 1. The summed E-state index contributed by atoms with van der Waals surface area (Å²) in [6.45, 7) is 0. The Morgan fingerprint density at radius 3 is 2.76 bits per heavy atom. The molecule has 0 aliphatic heterocycles. The molecule has 0 saturated carbocycles. The van der Waals surface area contributed by atoms with Gasteiger partial charge in [0.15, 0.2) is 0 Å². The molecular formula is C17H16N2O2. The molecule has 1 unspecified atom stereocenters. The van der Waals surface area contributed by atoms with Crippen molar-refractivity contribution in [3.05, 3.63) is 65.9 Å². The molecule has 106 valence electrons. The minimum Gasteiger partial charge on any atom is -0.495 e. The smallest absolute Gasteiger partial charge is 0.142 e. The molecule has 0 bridgehead atoms. The van der Waals surface area contributed by atoms with E-state index < -0.39 is 6.10 Å². The highest BCUT2D eigenvalue weighted by atomic mass is 16.5. The van der Waals surface area contributed by atoms with Crippen molar-refractivity contribution >= 4 is 16.6 Å². The van der Waals surface area contributed by atoms with Gasteiger partial charge in [0, 0.05) is 22.7 Å². The van der Waals surface area contributed by atoms with E-state index in [1.807, 2.05) is 36.4 Å². The molecular weight excluding hydrogens is 264 g/mol. The Morgan fingerprint density at radius 1 is 1.14 bits per heavy atom. The van der Waals surface area contributed by atoms with Gasteiger partial charge in [-0.2, -0.15) is 0 Å². The molecule has 0 spiro atoms. The van der Waals surface area contributed by atoms with Crippen LogP contribution in [0.3, 0.4) is 0 Å². The molecule has 21 heavy (non-hydrogen) atoms. The van der Waals surface area contributed by atoms with E-state index >= 15 is 0 Å². The van der Waals surface area contributed by atoms with Gasteiger partial charge in [-0.25, -0.2) is 0 Å². The fourth-order valence-corrected chi connectivity index (χ4v) is 2.39. The van der Waals surface area contributed by atoms with Gasteiger partial charge in [-0.1, -0.05) is 30.3 Å². The molecule has 0 aliphatic rings. The molecule has 0 amide bonds. The van der Waals surface area contributed by atoms with E-state index in [0.29, 0.717) is 22.6 Å². The van der Waals surface area contributed by atoms with Crippen molar-refractivity contribution < 1.29 is 9.84 Å². The van der Waals surface area contributed by atoms with Crippen LogP contribution in [0.1, 0.15) is 17.2 Å². The number of nitrogens with zero attached hydrogens (tertiary/aromatic N) is 1. The van der Waals surface area contributed by atoms with Crippen molar-refractivity contribution in [3.63, 3.8) is 0 Å². The summed E-state index contributed by atoms with van der Waals surface area (Å²) in [4.78, 5) is 4.37. The van der Waals surface area contributed by atoms with Gasteiger partial charge in [-0.15, -0.1) is 0 Å². The van der Waals surface area contributed by atoms with Crippen LogP contribution in [0.15, 0.2) is 54.7 Å². The van der Waals surface area contributed by atoms with Gasteiger partial charge >= 0.3 is 0 Å². The first-order chi connectivity index (χ1) is 10.2.